The van der Waals surface area contributed by atoms with E-state index in [4.69, 9.17) is 14.0 Å². The van der Waals surface area contributed by atoms with E-state index in [2.05, 4.69) is 15.5 Å². The molecule has 0 saturated carbocycles. The highest BCUT2D eigenvalue weighted by atomic mass is 16.5. The lowest BCUT2D eigenvalue weighted by atomic mass is 10.1. The van der Waals surface area contributed by atoms with E-state index < -0.39 is 6.10 Å². The highest BCUT2D eigenvalue weighted by Crippen LogP contribution is 2.20. The first kappa shape index (κ1) is 18.4. The Morgan fingerprint density at radius 3 is 2.67 bits per heavy atom. The van der Waals surface area contributed by atoms with E-state index in [0.29, 0.717) is 23.2 Å². The van der Waals surface area contributed by atoms with Crippen molar-refractivity contribution in [2.24, 2.45) is 0 Å². The standard InChI is InChI=1S/C20H21N3O4/c1-13-7-9-15(10-8-13)19-22-18(27-23-19)12-21-20(24)14(2)26-17-6-4-5-16(11-17)25-3/h4-11,14H,12H2,1-3H3,(H,21,24)/t14-/m1/s1. The molecule has 3 aromatic rings. The van der Waals surface area contributed by atoms with E-state index in [1.807, 2.05) is 31.2 Å². The SMILES string of the molecule is COc1cccc(O[C@H](C)C(=O)NCc2nc(-c3ccc(C)cc3)no2)c1. The quantitative estimate of drug-likeness (QED) is 0.690. The molecule has 7 nitrogen and oxygen atoms in total. The lowest BCUT2D eigenvalue weighted by molar-refractivity contribution is -0.127. The fourth-order valence-corrected chi connectivity index (χ4v) is 2.39. The molecule has 0 aliphatic carbocycles. The first-order valence-corrected chi connectivity index (χ1v) is 8.53. The molecule has 1 amide bonds. The summed E-state index contributed by atoms with van der Waals surface area (Å²) in [5.41, 5.74) is 2.01. The van der Waals surface area contributed by atoms with Gasteiger partial charge < -0.3 is 19.3 Å². The number of hydrogen-bond acceptors (Lipinski definition) is 6. The molecule has 1 N–H and O–H groups in total. The molecule has 0 saturated heterocycles. The number of amides is 1. The van der Waals surface area contributed by atoms with Crippen molar-refractivity contribution in [2.75, 3.05) is 7.11 Å². The van der Waals surface area contributed by atoms with Crippen molar-refractivity contribution < 1.29 is 18.8 Å². The van der Waals surface area contributed by atoms with Gasteiger partial charge in [0.05, 0.1) is 13.7 Å². The molecule has 0 unspecified atom stereocenters. The number of nitrogens with zero attached hydrogens (tertiary/aromatic N) is 2. The Labute approximate surface area is 157 Å². The molecule has 0 radical (unpaired) electrons. The Kier molecular flexibility index (Phi) is 5.71. The van der Waals surface area contributed by atoms with Gasteiger partial charge in [-0.1, -0.05) is 41.1 Å². The minimum Gasteiger partial charge on any atom is -0.497 e. The molecule has 0 bridgehead atoms. The van der Waals surface area contributed by atoms with E-state index in [1.165, 1.54) is 0 Å². The van der Waals surface area contributed by atoms with Gasteiger partial charge in [0.1, 0.15) is 11.5 Å². The number of carbonyl (C=O) groups is 1. The Morgan fingerprint density at radius 1 is 1.19 bits per heavy atom. The highest BCUT2D eigenvalue weighted by Gasteiger charge is 2.16. The van der Waals surface area contributed by atoms with Crippen LogP contribution in [0.4, 0.5) is 0 Å². The smallest absolute Gasteiger partial charge is 0.261 e. The van der Waals surface area contributed by atoms with Gasteiger partial charge in [0.25, 0.3) is 5.91 Å². The van der Waals surface area contributed by atoms with Crippen molar-refractivity contribution in [1.82, 2.24) is 15.5 Å². The number of ether oxygens (including phenoxy) is 2. The van der Waals surface area contributed by atoms with E-state index in [1.54, 1.807) is 38.3 Å². The summed E-state index contributed by atoms with van der Waals surface area (Å²) in [5.74, 6) is 1.74. The van der Waals surface area contributed by atoms with Gasteiger partial charge in [-0.2, -0.15) is 4.98 Å². The molecule has 0 aliphatic rings. The van der Waals surface area contributed by atoms with Crippen molar-refractivity contribution in [2.45, 2.75) is 26.5 Å². The molecule has 7 heteroatoms. The van der Waals surface area contributed by atoms with Crippen LogP contribution in [0.1, 0.15) is 18.4 Å². The van der Waals surface area contributed by atoms with E-state index >= 15 is 0 Å². The molecule has 27 heavy (non-hydrogen) atoms. The Morgan fingerprint density at radius 2 is 1.93 bits per heavy atom. The lowest BCUT2D eigenvalue weighted by Crippen LogP contribution is -2.36. The number of carbonyl (C=O) groups excluding carboxylic acids is 1. The molecule has 0 aliphatic heterocycles. The van der Waals surface area contributed by atoms with Crippen molar-refractivity contribution in [3.8, 4) is 22.9 Å². The van der Waals surface area contributed by atoms with Gasteiger partial charge in [0.15, 0.2) is 6.10 Å². The van der Waals surface area contributed by atoms with Crippen LogP contribution in [0.2, 0.25) is 0 Å². The van der Waals surface area contributed by atoms with Crippen molar-refractivity contribution in [3.63, 3.8) is 0 Å². The molecule has 1 heterocycles. The van der Waals surface area contributed by atoms with Crippen LogP contribution >= 0.6 is 0 Å². The second-order valence-corrected chi connectivity index (χ2v) is 6.03. The number of benzene rings is 2. The van der Waals surface area contributed by atoms with Crippen LogP contribution in [0, 0.1) is 6.92 Å². The van der Waals surface area contributed by atoms with Gasteiger partial charge in [0, 0.05) is 11.6 Å². The van der Waals surface area contributed by atoms with Crippen LogP contribution in [0.25, 0.3) is 11.4 Å². The summed E-state index contributed by atoms with van der Waals surface area (Å²) in [6.07, 6.45) is -0.684. The van der Waals surface area contributed by atoms with Crippen LogP contribution < -0.4 is 14.8 Å². The summed E-state index contributed by atoms with van der Waals surface area (Å²) < 4.78 is 16.0. The molecule has 1 aromatic heterocycles. The fourth-order valence-electron chi connectivity index (χ4n) is 2.39. The average molecular weight is 367 g/mol. The molecule has 0 spiro atoms. The monoisotopic (exact) mass is 367 g/mol. The third-order valence-electron chi connectivity index (χ3n) is 3.91. The van der Waals surface area contributed by atoms with Crippen molar-refractivity contribution >= 4 is 5.91 Å². The van der Waals surface area contributed by atoms with E-state index in [-0.39, 0.29) is 12.5 Å². The van der Waals surface area contributed by atoms with Crippen molar-refractivity contribution in [1.29, 1.82) is 0 Å². The predicted molar refractivity (Wildman–Crippen MR) is 99.4 cm³/mol. The zero-order valence-electron chi connectivity index (χ0n) is 15.4. The minimum atomic E-state index is -0.684. The maximum atomic E-state index is 12.2. The highest BCUT2D eigenvalue weighted by molar-refractivity contribution is 5.80. The van der Waals surface area contributed by atoms with Crippen LogP contribution in [0.3, 0.4) is 0 Å². The number of aromatic nitrogens is 2. The summed E-state index contributed by atoms with van der Waals surface area (Å²) in [4.78, 5) is 16.5. The molecular formula is C20H21N3O4. The Balaban J connectivity index is 1.54. The molecule has 3 rings (SSSR count). The second-order valence-electron chi connectivity index (χ2n) is 6.03. The average Bonchev–Trinajstić information content (AvgIpc) is 3.15. The van der Waals surface area contributed by atoms with E-state index in [9.17, 15) is 4.79 Å². The number of aryl methyl sites for hydroxylation is 1. The van der Waals surface area contributed by atoms with Crippen LogP contribution in [-0.2, 0) is 11.3 Å². The topological polar surface area (TPSA) is 86.5 Å². The van der Waals surface area contributed by atoms with Gasteiger partial charge in [-0.25, -0.2) is 0 Å². The molecule has 0 fully saturated rings. The van der Waals surface area contributed by atoms with Crippen LogP contribution in [0.15, 0.2) is 53.1 Å². The number of nitrogens with one attached hydrogen (secondary N) is 1. The molecule has 2 aromatic carbocycles. The van der Waals surface area contributed by atoms with Crippen LogP contribution in [-0.4, -0.2) is 29.3 Å². The summed E-state index contributed by atoms with van der Waals surface area (Å²) in [5, 5.41) is 6.67. The number of methoxy groups -OCH3 is 1. The van der Waals surface area contributed by atoms with Gasteiger partial charge >= 0.3 is 0 Å². The zero-order valence-corrected chi connectivity index (χ0v) is 15.4. The summed E-state index contributed by atoms with van der Waals surface area (Å²) in [6, 6.07) is 14.9. The number of hydrogen-bond donors (Lipinski definition) is 1. The first-order valence-electron chi connectivity index (χ1n) is 8.53. The minimum absolute atomic E-state index is 0.128. The summed E-state index contributed by atoms with van der Waals surface area (Å²) in [7, 11) is 1.57. The largest absolute Gasteiger partial charge is 0.497 e. The molecule has 140 valence electrons. The Bertz CT molecular complexity index is 906. The first-order chi connectivity index (χ1) is 13.0. The van der Waals surface area contributed by atoms with Crippen LogP contribution in [0.5, 0.6) is 11.5 Å². The summed E-state index contributed by atoms with van der Waals surface area (Å²) >= 11 is 0. The lowest BCUT2D eigenvalue weighted by Gasteiger charge is -2.14. The van der Waals surface area contributed by atoms with Gasteiger partial charge in [-0.05, 0) is 26.0 Å². The third-order valence-corrected chi connectivity index (χ3v) is 3.91. The third kappa shape index (κ3) is 4.84. The Hall–Kier alpha value is -3.35. The maximum absolute atomic E-state index is 12.2. The van der Waals surface area contributed by atoms with E-state index in [0.717, 1.165) is 11.1 Å². The van der Waals surface area contributed by atoms with Crippen molar-refractivity contribution in [3.05, 3.63) is 60.0 Å². The normalized spacial score (nSPS) is 11.7. The summed E-state index contributed by atoms with van der Waals surface area (Å²) in [6.45, 7) is 3.81. The number of rotatable bonds is 7. The van der Waals surface area contributed by atoms with Gasteiger partial charge in [-0.3, -0.25) is 4.79 Å². The predicted octanol–water partition coefficient (Wildman–Crippen LogP) is 3.14. The fraction of sp³-hybridized carbons (Fsp3) is 0.250. The molecular weight excluding hydrogens is 346 g/mol. The van der Waals surface area contributed by atoms with Gasteiger partial charge in [0.2, 0.25) is 11.7 Å². The maximum Gasteiger partial charge on any atom is 0.261 e. The molecule has 1 atom stereocenters. The zero-order chi connectivity index (χ0) is 19.2. The second kappa shape index (κ2) is 8.35. The van der Waals surface area contributed by atoms with Gasteiger partial charge in [-0.15, -0.1) is 0 Å².